The van der Waals surface area contributed by atoms with Crippen LogP contribution in [0, 0.1) is 6.92 Å². The second-order valence-electron chi connectivity index (χ2n) is 5.48. The highest BCUT2D eigenvalue weighted by molar-refractivity contribution is 5.89. The van der Waals surface area contributed by atoms with Crippen molar-refractivity contribution >= 4 is 5.97 Å². The number of hydrogen-bond acceptors (Lipinski definition) is 7. The van der Waals surface area contributed by atoms with Gasteiger partial charge in [0.25, 0.3) is 5.89 Å². The average molecular weight is 354 g/mol. The van der Waals surface area contributed by atoms with Gasteiger partial charge in [-0.15, -0.1) is 0 Å². The zero-order valence-electron chi connectivity index (χ0n) is 14.7. The first-order valence-corrected chi connectivity index (χ1v) is 7.89. The van der Waals surface area contributed by atoms with E-state index in [0.29, 0.717) is 28.8 Å². The molecule has 0 radical (unpaired) electrons. The predicted molar refractivity (Wildman–Crippen MR) is 93.1 cm³/mol. The minimum Gasteiger partial charge on any atom is -0.497 e. The summed E-state index contributed by atoms with van der Waals surface area (Å²) in [6.45, 7) is 1.81. The maximum Gasteiger partial charge on any atom is 0.338 e. The highest BCUT2D eigenvalue weighted by atomic mass is 16.5. The Hall–Kier alpha value is -3.35. The van der Waals surface area contributed by atoms with E-state index in [0.717, 1.165) is 11.1 Å². The van der Waals surface area contributed by atoms with Crippen molar-refractivity contribution in [2.24, 2.45) is 0 Å². The standard InChI is InChI=1S/C19H18N2O5/c1-12-20-18(26-21-12)13-4-6-14(7-5-13)19(22)25-11-15-10-16(23-2)8-9-17(15)24-3/h4-10H,11H2,1-3H3. The fourth-order valence-electron chi connectivity index (χ4n) is 2.38. The van der Waals surface area contributed by atoms with Crippen LogP contribution in [0.15, 0.2) is 47.0 Å². The molecule has 0 saturated heterocycles. The smallest absolute Gasteiger partial charge is 0.338 e. The fraction of sp³-hybridized carbons (Fsp3) is 0.211. The second kappa shape index (κ2) is 7.69. The molecule has 0 spiro atoms. The molecule has 1 heterocycles. The van der Waals surface area contributed by atoms with Gasteiger partial charge in [0.05, 0.1) is 19.8 Å². The lowest BCUT2D eigenvalue weighted by Gasteiger charge is -2.11. The van der Waals surface area contributed by atoms with Gasteiger partial charge in [0.15, 0.2) is 5.82 Å². The number of aromatic nitrogens is 2. The number of carbonyl (C=O) groups is 1. The molecule has 0 amide bonds. The summed E-state index contributed by atoms with van der Waals surface area (Å²) in [6.07, 6.45) is 0. The number of methoxy groups -OCH3 is 2. The van der Waals surface area contributed by atoms with Crippen molar-refractivity contribution in [1.29, 1.82) is 0 Å². The lowest BCUT2D eigenvalue weighted by molar-refractivity contribution is 0.0470. The summed E-state index contributed by atoms with van der Waals surface area (Å²) in [7, 11) is 3.13. The summed E-state index contributed by atoms with van der Waals surface area (Å²) in [5, 5.41) is 3.74. The van der Waals surface area contributed by atoms with Crippen LogP contribution in [0.4, 0.5) is 0 Å². The number of aryl methyl sites for hydroxylation is 1. The first kappa shape index (κ1) is 17.5. The molecule has 0 N–H and O–H groups in total. The van der Waals surface area contributed by atoms with Gasteiger partial charge in [0.2, 0.25) is 0 Å². The summed E-state index contributed by atoms with van der Waals surface area (Å²) in [5.41, 5.74) is 1.88. The largest absolute Gasteiger partial charge is 0.497 e. The first-order chi connectivity index (χ1) is 12.6. The van der Waals surface area contributed by atoms with Crippen LogP contribution < -0.4 is 9.47 Å². The van der Waals surface area contributed by atoms with Gasteiger partial charge >= 0.3 is 5.97 Å². The highest BCUT2D eigenvalue weighted by Gasteiger charge is 2.12. The van der Waals surface area contributed by atoms with E-state index >= 15 is 0 Å². The third-order valence-electron chi connectivity index (χ3n) is 3.74. The third-order valence-corrected chi connectivity index (χ3v) is 3.74. The molecule has 3 aromatic rings. The van der Waals surface area contributed by atoms with Gasteiger partial charge in [-0.05, 0) is 49.4 Å². The number of hydrogen-bond donors (Lipinski definition) is 0. The Balaban J connectivity index is 1.69. The van der Waals surface area contributed by atoms with E-state index in [1.54, 1.807) is 63.6 Å². The van der Waals surface area contributed by atoms with Crippen LogP contribution in [0.25, 0.3) is 11.5 Å². The zero-order valence-corrected chi connectivity index (χ0v) is 14.7. The van der Waals surface area contributed by atoms with Crippen molar-refractivity contribution in [2.45, 2.75) is 13.5 Å². The summed E-state index contributed by atoms with van der Waals surface area (Å²) in [5.74, 6) is 1.80. The van der Waals surface area contributed by atoms with Crippen LogP contribution >= 0.6 is 0 Å². The molecule has 1 aromatic heterocycles. The Morgan fingerprint density at radius 2 is 1.85 bits per heavy atom. The van der Waals surface area contributed by atoms with E-state index in [9.17, 15) is 4.79 Å². The Labute approximate surface area is 150 Å². The number of rotatable bonds is 6. The molecule has 0 fully saturated rings. The molecule has 0 aliphatic carbocycles. The predicted octanol–water partition coefficient (Wildman–Crippen LogP) is 3.42. The molecule has 0 unspecified atom stereocenters. The van der Waals surface area contributed by atoms with Crippen LogP contribution in [-0.2, 0) is 11.3 Å². The minimum atomic E-state index is -0.442. The molecule has 7 heteroatoms. The van der Waals surface area contributed by atoms with Crippen LogP contribution in [-0.4, -0.2) is 30.3 Å². The zero-order chi connectivity index (χ0) is 18.5. The summed E-state index contributed by atoms with van der Waals surface area (Å²) in [6, 6.07) is 12.1. The van der Waals surface area contributed by atoms with E-state index < -0.39 is 5.97 Å². The lowest BCUT2D eigenvalue weighted by Crippen LogP contribution is -2.06. The van der Waals surface area contributed by atoms with Gasteiger partial charge in [0.1, 0.15) is 18.1 Å². The van der Waals surface area contributed by atoms with E-state index in [2.05, 4.69) is 10.1 Å². The van der Waals surface area contributed by atoms with Gasteiger partial charge in [0, 0.05) is 11.1 Å². The van der Waals surface area contributed by atoms with Crippen molar-refractivity contribution in [3.05, 3.63) is 59.4 Å². The maximum absolute atomic E-state index is 12.3. The number of esters is 1. The highest BCUT2D eigenvalue weighted by Crippen LogP contribution is 2.25. The van der Waals surface area contributed by atoms with Crippen LogP contribution in [0.1, 0.15) is 21.7 Å². The molecule has 134 valence electrons. The van der Waals surface area contributed by atoms with E-state index in [-0.39, 0.29) is 6.61 Å². The third kappa shape index (κ3) is 3.83. The number of nitrogens with zero attached hydrogens (tertiary/aromatic N) is 2. The van der Waals surface area contributed by atoms with E-state index in [1.807, 2.05) is 0 Å². The van der Waals surface area contributed by atoms with Gasteiger partial charge in [-0.3, -0.25) is 0 Å². The van der Waals surface area contributed by atoms with Crippen LogP contribution in [0.2, 0.25) is 0 Å². The Kier molecular flexibility index (Phi) is 5.17. The molecule has 0 aliphatic rings. The average Bonchev–Trinajstić information content (AvgIpc) is 3.12. The van der Waals surface area contributed by atoms with Gasteiger partial charge in [-0.25, -0.2) is 4.79 Å². The van der Waals surface area contributed by atoms with Crippen molar-refractivity contribution in [1.82, 2.24) is 10.1 Å². The number of ether oxygens (including phenoxy) is 3. The SMILES string of the molecule is COc1ccc(OC)c(COC(=O)c2ccc(-c3nc(C)no3)cc2)c1. The number of carbonyl (C=O) groups excluding carboxylic acids is 1. The van der Waals surface area contributed by atoms with E-state index in [1.165, 1.54) is 0 Å². The lowest BCUT2D eigenvalue weighted by atomic mass is 10.1. The molecule has 3 rings (SSSR count). The molecule has 0 saturated carbocycles. The summed E-state index contributed by atoms with van der Waals surface area (Å²) < 4.78 is 20.9. The van der Waals surface area contributed by atoms with Gasteiger partial charge < -0.3 is 18.7 Å². The molecule has 0 bridgehead atoms. The van der Waals surface area contributed by atoms with Gasteiger partial charge in [-0.2, -0.15) is 4.98 Å². The van der Waals surface area contributed by atoms with Crippen molar-refractivity contribution in [3.8, 4) is 23.0 Å². The summed E-state index contributed by atoms with van der Waals surface area (Å²) in [4.78, 5) is 16.4. The molecule has 26 heavy (non-hydrogen) atoms. The topological polar surface area (TPSA) is 83.7 Å². The van der Waals surface area contributed by atoms with Crippen molar-refractivity contribution in [2.75, 3.05) is 14.2 Å². The quantitative estimate of drug-likeness (QED) is 0.627. The molecule has 7 nitrogen and oxygen atoms in total. The van der Waals surface area contributed by atoms with Gasteiger partial charge in [-0.1, -0.05) is 5.16 Å². The van der Waals surface area contributed by atoms with Crippen LogP contribution in [0.5, 0.6) is 11.5 Å². The Morgan fingerprint density at radius 3 is 2.46 bits per heavy atom. The fourth-order valence-corrected chi connectivity index (χ4v) is 2.38. The normalized spacial score (nSPS) is 10.4. The van der Waals surface area contributed by atoms with Crippen molar-refractivity contribution in [3.63, 3.8) is 0 Å². The molecular formula is C19H18N2O5. The number of benzene rings is 2. The molecular weight excluding hydrogens is 336 g/mol. The van der Waals surface area contributed by atoms with Crippen LogP contribution in [0.3, 0.4) is 0 Å². The molecule has 2 aromatic carbocycles. The Morgan fingerprint density at radius 1 is 1.08 bits per heavy atom. The first-order valence-electron chi connectivity index (χ1n) is 7.89. The maximum atomic E-state index is 12.3. The van der Waals surface area contributed by atoms with Crippen molar-refractivity contribution < 1.29 is 23.5 Å². The Bertz CT molecular complexity index is 903. The van der Waals surface area contributed by atoms with E-state index in [4.69, 9.17) is 18.7 Å². The minimum absolute atomic E-state index is 0.0732. The molecule has 0 aliphatic heterocycles. The second-order valence-corrected chi connectivity index (χ2v) is 5.48. The monoisotopic (exact) mass is 354 g/mol. The summed E-state index contributed by atoms with van der Waals surface area (Å²) >= 11 is 0. The molecule has 0 atom stereocenters.